The highest BCUT2D eigenvalue weighted by Gasteiger charge is 2.16. The lowest BCUT2D eigenvalue weighted by atomic mass is 10.2. The van der Waals surface area contributed by atoms with E-state index >= 15 is 0 Å². The van der Waals surface area contributed by atoms with Crippen LogP contribution in [0, 0.1) is 6.92 Å². The summed E-state index contributed by atoms with van der Waals surface area (Å²) in [7, 11) is 0. The summed E-state index contributed by atoms with van der Waals surface area (Å²) in [5.41, 5.74) is 1.62. The SMILES string of the molecule is CCOC(=O)c1nc(NCCc2ccncc2)sc1C. The lowest BCUT2D eigenvalue weighted by molar-refractivity contribution is 0.0519. The quantitative estimate of drug-likeness (QED) is 0.829. The molecule has 0 atom stereocenters. The normalized spacial score (nSPS) is 10.3. The van der Waals surface area contributed by atoms with Gasteiger partial charge in [-0.3, -0.25) is 4.98 Å². The molecule has 0 spiro atoms. The molecule has 0 unspecified atom stereocenters. The Morgan fingerprint density at radius 1 is 1.40 bits per heavy atom. The summed E-state index contributed by atoms with van der Waals surface area (Å²) in [4.78, 5) is 20.8. The molecule has 0 bridgehead atoms. The largest absolute Gasteiger partial charge is 0.461 e. The van der Waals surface area contributed by atoms with E-state index in [9.17, 15) is 4.79 Å². The number of ether oxygens (including phenoxy) is 1. The first-order valence-corrected chi connectivity index (χ1v) is 7.29. The Balaban J connectivity index is 1.91. The Hall–Kier alpha value is -1.95. The predicted octanol–water partition coefficient (Wildman–Crippen LogP) is 2.68. The van der Waals surface area contributed by atoms with Crippen molar-refractivity contribution in [1.82, 2.24) is 9.97 Å². The minimum absolute atomic E-state index is 0.358. The summed E-state index contributed by atoms with van der Waals surface area (Å²) in [6.45, 7) is 4.78. The van der Waals surface area contributed by atoms with Crippen LogP contribution in [0.5, 0.6) is 0 Å². The standard InChI is InChI=1S/C14H17N3O2S/c1-3-19-13(18)12-10(2)20-14(17-12)16-9-6-11-4-7-15-8-5-11/h4-5,7-8H,3,6,9H2,1-2H3,(H,16,17). The molecule has 0 aliphatic heterocycles. The van der Waals surface area contributed by atoms with Gasteiger partial charge in [-0.05, 0) is 38.0 Å². The number of anilines is 1. The zero-order valence-electron chi connectivity index (χ0n) is 11.5. The number of thiazole rings is 1. The number of esters is 1. The fourth-order valence-electron chi connectivity index (χ4n) is 1.72. The van der Waals surface area contributed by atoms with Crippen molar-refractivity contribution in [2.45, 2.75) is 20.3 Å². The van der Waals surface area contributed by atoms with Crippen LogP contribution in [-0.2, 0) is 11.2 Å². The number of nitrogens with one attached hydrogen (secondary N) is 1. The van der Waals surface area contributed by atoms with Crippen LogP contribution in [0.2, 0.25) is 0 Å². The van der Waals surface area contributed by atoms with Gasteiger partial charge < -0.3 is 10.1 Å². The van der Waals surface area contributed by atoms with Crippen molar-refractivity contribution >= 4 is 22.4 Å². The van der Waals surface area contributed by atoms with E-state index < -0.39 is 0 Å². The van der Waals surface area contributed by atoms with Gasteiger partial charge in [0, 0.05) is 23.8 Å². The van der Waals surface area contributed by atoms with E-state index in [1.54, 1.807) is 19.3 Å². The van der Waals surface area contributed by atoms with E-state index in [1.807, 2.05) is 19.1 Å². The second-order valence-electron chi connectivity index (χ2n) is 4.18. The molecule has 2 heterocycles. The van der Waals surface area contributed by atoms with Gasteiger partial charge in [-0.15, -0.1) is 11.3 Å². The minimum Gasteiger partial charge on any atom is -0.461 e. The Bertz CT molecular complexity index is 569. The maximum atomic E-state index is 11.7. The highest BCUT2D eigenvalue weighted by atomic mass is 32.1. The molecule has 5 nitrogen and oxygen atoms in total. The highest BCUT2D eigenvalue weighted by molar-refractivity contribution is 7.15. The predicted molar refractivity (Wildman–Crippen MR) is 79.2 cm³/mol. The van der Waals surface area contributed by atoms with E-state index in [4.69, 9.17) is 4.74 Å². The second-order valence-corrected chi connectivity index (χ2v) is 5.38. The topological polar surface area (TPSA) is 64.1 Å². The third kappa shape index (κ3) is 3.77. The summed E-state index contributed by atoms with van der Waals surface area (Å²) in [5.74, 6) is -0.358. The number of aryl methyl sites for hydroxylation is 1. The van der Waals surface area contributed by atoms with Gasteiger partial charge in [0.15, 0.2) is 10.8 Å². The minimum atomic E-state index is -0.358. The first-order valence-electron chi connectivity index (χ1n) is 6.48. The Kier molecular flexibility index (Phi) is 5.06. The molecule has 20 heavy (non-hydrogen) atoms. The van der Waals surface area contributed by atoms with Crippen LogP contribution in [0.25, 0.3) is 0 Å². The fourth-order valence-corrected chi connectivity index (χ4v) is 2.55. The lowest BCUT2D eigenvalue weighted by Crippen LogP contribution is -2.08. The number of pyridine rings is 1. The molecule has 2 rings (SSSR count). The Morgan fingerprint density at radius 3 is 2.85 bits per heavy atom. The van der Waals surface area contributed by atoms with Crippen molar-refractivity contribution in [2.75, 3.05) is 18.5 Å². The molecule has 0 fully saturated rings. The van der Waals surface area contributed by atoms with Gasteiger partial charge in [-0.25, -0.2) is 9.78 Å². The first-order chi connectivity index (χ1) is 9.70. The monoisotopic (exact) mass is 291 g/mol. The van der Waals surface area contributed by atoms with Crippen LogP contribution in [-0.4, -0.2) is 29.1 Å². The molecular formula is C14H17N3O2S. The van der Waals surface area contributed by atoms with Crippen LogP contribution >= 0.6 is 11.3 Å². The summed E-state index contributed by atoms with van der Waals surface area (Å²) in [5, 5.41) is 3.98. The Labute approximate surface area is 122 Å². The van der Waals surface area contributed by atoms with Crippen molar-refractivity contribution in [3.8, 4) is 0 Å². The van der Waals surface area contributed by atoms with E-state index in [-0.39, 0.29) is 5.97 Å². The number of rotatable bonds is 6. The molecule has 0 saturated heterocycles. The average Bonchev–Trinajstić information content (AvgIpc) is 2.81. The number of aromatic nitrogens is 2. The van der Waals surface area contributed by atoms with Crippen molar-refractivity contribution < 1.29 is 9.53 Å². The van der Waals surface area contributed by atoms with Crippen molar-refractivity contribution in [3.63, 3.8) is 0 Å². The third-order valence-electron chi connectivity index (χ3n) is 2.70. The van der Waals surface area contributed by atoms with Gasteiger partial charge >= 0.3 is 5.97 Å². The van der Waals surface area contributed by atoms with Crippen LogP contribution < -0.4 is 5.32 Å². The number of carbonyl (C=O) groups is 1. The Morgan fingerprint density at radius 2 is 2.15 bits per heavy atom. The molecule has 0 saturated carbocycles. The molecule has 106 valence electrons. The van der Waals surface area contributed by atoms with E-state index in [0.29, 0.717) is 12.3 Å². The molecule has 1 N–H and O–H groups in total. The number of hydrogen-bond acceptors (Lipinski definition) is 6. The van der Waals surface area contributed by atoms with Gasteiger partial charge in [0.2, 0.25) is 0 Å². The van der Waals surface area contributed by atoms with E-state index in [2.05, 4.69) is 15.3 Å². The average molecular weight is 291 g/mol. The van der Waals surface area contributed by atoms with Crippen LogP contribution in [0.15, 0.2) is 24.5 Å². The van der Waals surface area contributed by atoms with Crippen molar-refractivity contribution in [3.05, 3.63) is 40.7 Å². The van der Waals surface area contributed by atoms with Crippen molar-refractivity contribution in [1.29, 1.82) is 0 Å². The zero-order chi connectivity index (χ0) is 14.4. The van der Waals surface area contributed by atoms with Gasteiger partial charge in [-0.1, -0.05) is 0 Å². The van der Waals surface area contributed by atoms with Crippen LogP contribution in [0.4, 0.5) is 5.13 Å². The molecule has 2 aromatic heterocycles. The number of nitrogens with zero attached hydrogens (tertiary/aromatic N) is 2. The molecular weight excluding hydrogens is 274 g/mol. The maximum absolute atomic E-state index is 11.7. The molecule has 2 aromatic rings. The van der Waals surface area contributed by atoms with Gasteiger partial charge in [0.1, 0.15) is 0 Å². The summed E-state index contributed by atoms with van der Waals surface area (Å²) in [6.07, 6.45) is 4.44. The summed E-state index contributed by atoms with van der Waals surface area (Å²) >= 11 is 1.47. The van der Waals surface area contributed by atoms with Crippen LogP contribution in [0.3, 0.4) is 0 Å². The van der Waals surface area contributed by atoms with Gasteiger partial charge in [-0.2, -0.15) is 0 Å². The van der Waals surface area contributed by atoms with Gasteiger partial charge in [0.25, 0.3) is 0 Å². The van der Waals surface area contributed by atoms with Crippen molar-refractivity contribution in [2.24, 2.45) is 0 Å². The second kappa shape index (κ2) is 7.00. The molecule has 0 aromatic carbocycles. The maximum Gasteiger partial charge on any atom is 0.358 e. The number of carbonyl (C=O) groups excluding carboxylic acids is 1. The smallest absolute Gasteiger partial charge is 0.358 e. The zero-order valence-corrected chi connectivity index (χ0v) is 12.4. The van der Waals surface area contributed by atoms with E-state index in [0.717, 1.165) is 23.0 Å². The molecule has 0 aliphatic rings. The first kappa shape index (κ1) is 14.5. The molecule has 0 radical (unpaired) electrons. The van der Waals surface area contributed by atoms with Crippen LogP contribution in [0.1, 0.15) is 27.9 Å². The van der Waals surface area contributed by atoms with Gasteiger partial charge in [0.05, 0.1) is 6.61 Å². The molecule has 6 heteroatoms. The fraction of sp³-hybridized carbons (Fsp3) is 0.357. The van der Waals surface area contributed by atoms with E-state index in [1.165, 1.54) is 16.9 Å². The number of hydrogen-bond donors (Lipinski definition) is 1. The lowest BCUT2D eigenvalue weighted by Gasteiger charge is -2.02. The summed E-state index contributed by atoms with van der Waals surface area (Å²) < 4.78 is 4.97. The summed E-state index contributed by atoms with van der Waals surface area (Å²) in [6, 6.07) is 3.97. The molecule has 0 aliphatic carbocycles. The molecule has 0 amide bonds. The highest BCUT2D eigenvalue weighted by Crippen LogP contribution is 2.22. The third-order valence-corrected chi connectivity index (χ3v) is 3.63.